The Morgan fingerprint density at radius 2 is 1.53 bits per heavy atom. The van der Waals surface area contributed by atoms with Crippen LogP contribution < -0.4 is 19.5 Å². The molecule has 0 aliphatic heterocycles. The van der Waals surface area contributed by atoms with Gasteiger partial charge in [0.05, 0.1) is 34.5 Å². The van der Waals surface area contributed by atoms with Crippen molar-refractivity contribution in [3.8, 4) is 17.2 Å². The van der Waals surface area contributed by atoms with Crippen LogP contribution in [-0.4, -0.2) is 45.6 Å². The molecule has 0 amide bonds. The molecule has 0 fully saturated rings. The third-order valence-corrected chi connectivity index (χ3v) is 7.35. The number of nitrogens with one attached hydrogen (secondary N) is 1. The lowest BCUT2D eigenvalue weighted by Gasteiger charge is -2.29. The summed E-state index contributed by atoms with van der Waals surface area (Å²) >= 11 is 0. The number of hydrogen-bond donors (Lipinski definition) is 2. The molecule has 2 aromatic carbocycles. The highest BCUT2D eigenvalue weighted by Gasteiger charge is 2.38. The summed E-state index contributed by atoms with van der Waals surface area (Å²) in [6.45, 7) is 3.90. The Hall–Kier alpha value is -2.74. The van der Waals surface area contributed by atoms with Crippen LogP contribution in [0.2, 0.25) is 0 Å². The normalized spacial score (nSPS) is 12.1. The van der Waals surface area contributed by atoms with E-state index in [2.05, 4.69) is 5.32 Å². The molecular weight excluding hydrogens is 461 g/mol. The highest BCUT2D eigenvalue weighted by atomic mass is 31.2. The Morgan fingerprint density at radius 3 is 1.97 bits per heavy atom. The van der Waals surface area contributed by atoms with Gasteiger partial charge in [0, 0.05) is 12.1 Å². The summed E-state index contributed by atoms with van der Waals surface area (Å²) in [5, 5.41) is 12.1. The third-order valence-electron chi connectivity index (χ3n) is 5.05. The van der Waals surface area contributed by atoms with Crippen molar-refractivity contribution in [1.82, 2.24) is 0 Å². The van der Waals surface area contributed by atoms with Gasteiger partial charge in [0.15, 0.2) is 17.3 Å². The molecule has 1 unspecified atom stereocenters. The van der Waals surface area contributed by atoms with E-state index in [-0.39, 0.29) is 19.6 Å². The molecule has 9 nitrogen and oxygen atoms in total. The van der Waals surface area contributed by atoms with Gasteiger partial charge in [-0.1, -0.05) is 12.1 Å². The molecule has 0 spiro atoms. The van der Waals surface area contributed by atoms with Crippen LogP contribution in [-0.2, 0) is 24.8 Å². The van der Waals surface area contributed by atoms with E-state index in [1.807, 2.05) is 24.3 Å². The molecule has 2 aromatic rings. The van der Waals surface area contributed by atoms with Crippen LogP contribution in [0.5, 0.6) is 17.2 Å². The standard InChI is InChI=1S/C24H34NO8P/c1-6-32-34(28,33-7-2)24(18-15-20(29-3)23(31-5)21(16-18)30-4)25-19-13-11-17(12-14-19)9-8-10-22(26)27/h11-16,24-25H,6-10H2,1-5H3,(H,26,27). The number of hydrogen-bond acceptors (Lipinski definition) is 8. The minimum Gasteiger partial charge on any atom is -0.493 e. The molecule has 0 saturated heterocycles. The monoisotopic (exact) mass is 495 g/mol. The predicted octanol–water partition coefficient (Wildman–Crippen LogP) is 5.50. The zero-order chi connectivity index (χ0) is 25.1. The number of aryl methyl sites for hydroxylation is 1. The van der Waals surface area contributed by atoms with E-state index in [1.54, 1.807) is 26.0 Å². The Morgan fingerprint density at radius 1 is 0.971 bits per heavy atom. The molecule has 10 heteroatoms. The summed E-state index contributed by atoms with van der Waals surface area (Å²) in [6, 6.07) is 10.9. The van der Waals surface area contributed by atoms with E-state index in [1.165, 1.54) is 21.3 Å². The molecule has 0 aliphatic rings. The van der Waals surface area contributed by atoms with Gasteiger partial charge in [0.2, 0.25) is 5.75 Å². The fraction of sp³-hybridized carbons (Fsp3) is 0.458. The second kappa shape index (κ2) is 13.2. The number of carboxylic acid groups (broad SMARTS) is 1. The van der Waals surface area contributed by atoms with E-state index >= 15 is 0 Å². The van der Waals surface area contributed by atoms with Gasteiger partial charge in [-0.3, -0.25) is 9.36 Å². The molecular formula is C24H34NO8P. The first-order valence-electron chi connectivity index (χ1n) is 11.1. The summed E-state index contributed by atoms with van der Waals surface area (Å²) in [7, 11) is 0.865. The van der Waals surface area contributed by atoms with E-state index in [4.69, 9.17) is 28.4 Å². The maximum Gasteiger partial charge on any atom is 0.357 e. The molecule has 0 heterocycles. The van der Waals surface area contributed by atoms with Crippen LogP contribution >= 0.6 is 7.60 Å². The summed E-state index contributed by atoms with van der Waals surface area (Å²) < 4.78 is 41.6. The smallest absolute Gasteiger partial charge is 0.357 e. The minimum atomic E-state index is -3.67. The number of ether oxygens (including phenoxy) is 3. The van der Waals surface area contributed by atoms with Gasteiger partial charge in [-0.15, -0.1) is 0 Å². The van der Waals surface area contributed by atoms with Gasteiger partial charge >= 0.3 is 13.6 Å². The van der Waals surface area contributed by atoms with E-state index in [9.17, 15) is 9.36 Å². The van der Waals surface area contributed by atoms with Gasteiger partial charge in [0.25, 0.3) is 0 Å². The molecule has 34 heavy (non-hydrogen) atoms. The lowest BCUT2D eigenvalue weighted by Crippen LogP contribution is -2.16. The third kappa shape index (κ3) is 7.13. The van der Waals surface area contributed by atoms with Crippen LogP contribution in [0.3, 0.4) is 0 Å². The number of aliphatic carboxylic acids is 1. The zero-order valence-corrected chi connectivity index (χ0v) is 21.2. The number of benzene rings is 2. The molecule has 0 radical (unpaired) electrons. The van der Waals surface area contributed by atoms with Crippen molar-refractivity contribution >= 4 is 19.3 Å². The first-order valence-corrected chi connectivity index (χ1v) is 12.7. The number of methoxy groups -OCH3 is 3. The molecule has 2 N–H and O–H groups in total. The van der Waals surface area contributed by atoms with Crippen molar-refractivity contribution in [2.24, 2.45) is 0 Å². The van der Waals surface area contributed by atoms with Gasteiger partial charge in [-0.25, -0.2) is 0 Å². The van der Waals surface area contributed by atoms with Crippen molar-refractivity contribution in [3.63, 3.8) is 0 Å². The fourth-order valence-corrected chi connectivity index (χ4v) is 5.43. The lowest BCUT2D eigenvalue weighted by atomic mass is 10.1. The highest BCUT2D eigenvalue weighted by Crippen LogP contribution is 2.61. The van der Waals surface area contributed by atoms with Crippen LogP contribution in [0.15, 0.2) is 36.4 Å². The molecule has 0 saturated carbocycles. The zero-order valence-electron chi connectivity index (χ0n) is 20.3. The number of rotatable bonds is 15. The maximum atomic E-state index is 13.9. The van der Waals surface area contributed by atoms with Crippen molar-refractivity contribution in [1.29, 1.82) is 0 Å². The maximum absolute atomic E-state index is 13.9. The first kappa shape index (κ1) is 27.5. The Balaban J connectivity index is 2.46. The number of carboxylic acids is 1. The molecule has 2 rings (SSSR count). The van der Waals surface area contributed by atoms with Crippen LogP contribution in [0.1, 0.15) is 43.6 Å². The summed E-state index contributed by atoms with van der Waals surface area (Å²) in [6.07, 6.45) is 1.33. The van der Waals surface area contributed by atoms with Gasteiger partial charge in [-0.2, -0.15) is 0 Å². The first-order chi connectivity index (χ1) is 16.3. The van der Waals surface area contributed by atoms with Crippen molar-refractivity contribution in [3.05, 3.63) is 47.5 Å². The average molecular weight is 496 g/mol. The Bertz CT molecular complexity index is 944. The highest BCUT2D eigenvalue weighted by molar-refractivity contribution is 7.54. The Labute approximate surface area is 200 Å². The van der Waals surface area contributed by atoms with Crippen LogP contribution in [0.4, 0.5) is 5.69 Å². The summed E-state index contributed by atoms with van der Waals surface area (Å²) in [4.78, 5) is 10.7. The quantitative estimate of drug-likeness (QED) is 0.309. The van der Waals surface area contributed by atoms with Crippen LogP contribution in [0.25, 0.3) is 0 Å². The van der Waals surface area contributed by atoms with Gasteiger partial charge in [0.1, 0.15) is 0 Å². The largest absolute Gasteiger partial charge is 0.493 e. The molecule has 1 atom stereocenters. The molecule has 0 bridgehead atoms. The van der Waals surface area contributed by atoms with E-state index in [0.717, 1.165) is 5.56 Å². The SMILES string of the molecule is CCOP(=O)(OCC)C(Nc1ccc(CCCC(=O)O)cc1)c1cc(OC)c(OC)c(OC)c1. The minimum absolute atomic E-state index is 0.120. The molecule has 188 valence electrons. The lowest BCUT2D eigenvalue weighted by molar-refractivity contribution is -0.137. The van der Waals surface area contributed by atoms with Gasteiger partial charge in [-0.05, 0) is 62.1 Å². The number of carbonyl (C=O) groups is 1. The molecule has 0 aromatic heterocycles. The van der Waals surface area contributed by atoms with Crippen molar-refractivity contribution < 1.29 is 37.7 Å². The van der Waals surface area contributed by atoms with Crippen molar-refractivity contribution in [2.45, 2.75) is 38.9 Å². The number of anilines is 1. The average Bonchev–Trinajstić information content (AvgIpc) is 2.82. The Kier molecular flexibility index (Phi) is 10.7. The van der Waals surface area contributed by atoms with E-state index in [0.29, 0.717) is 41.3 Å². The second-order valence-electron chi connectivity index (χ2n) is 7.33. The van der Waals surface area contributed by atoms with Gasteiger partial charge < -0.3 is 33.7 Å². The fourth-order valence-electron chi connectivity index (χ4n) is 3.52. The summed E-state index contributed by atoms with van der Waals surface area (Å²) in [5.41, 5.74) is 2.28. The molecule has 0 aliphatic carbocycles. The topological polar surface area (TPSA) is 113 Å². The van der Waals surface area contributed by atoms with Crippen LogP contribution in [0, 0.1) is 0 Å². The summed E-state index contributed by atoms with van der Waals surface area (Å²) in [5.74, 6) is -0.428. The second-order valence-corrected chi connectivity index (χ2v) is 9.44. The van der Waals surface area contributed by atoms with E-state index < -0.39 is 19.3 Å². The predicted molar refractivity (Wildman–Crippen MR) is 130 cm³/mol. The van der Waals surface area contributed by atoms with Crippen molar-refractivity contribution in [2.75, 3.05) is 39.9 Å².